The van der Waals surface area contributed by atoms with Crippen molar-refractivity contribution in [1.29, 1.82) is 0 Å². The van der Waals surface area contributed by atoms with E-state index in [1.54, 1.807) is 4.90 Å². The number of amides is 4. The maximum atomic E-state index is 13.3. The van der Waals surface area contributed by atoms with Gasteiger partial charge >= 0.3 is 6.03 Å². The molecule has 1 N–H and O–H groups in total. The minimum atomic E-state index is -0.897. The van der Waals surface area contributed by atoms with Crippen LogP contribution in [0.4, 0.5) is 4.79 Å². The van der Waals surface area contributed by atoms with E-state index >= 15 is 0 Å². The van der Waals surface area contributed by atoms with Gasteiger partial charge in [0.15, 0.2) is 11.5 Å². The van der Waals surface area contributed by atoms with Crippen molar-refractivity contribution in [3.8, 4) is 11.5 Å². The number of fused-ring (bicyclic) bond motifs is 1. The zero-order valence-corrected chi connectivity index (χ0v) is 19.4. The van der Waals surface area contributed by atoms with E-state index < -0.39 is 11.6 Å². The first-order valence-corrected chi connectivity index (χ1v) is 11.4. The Labute approximate surface area is 189 Å². The Balaban J connectivity index is 1.45. The van der Waals surface area contributed by atoms with Gasteiger partial charge in [-0.05, 0) is 55.2 Å². The molecule has 1 aliphatic carbocycles. The number of rotatable bonds is 5. The van der Waals surface area contributed by atoms with Crippen molar-refractivity contribution in [2.75, 3.05) is 26.3 Å². The van der Waals surface area contributed by atoms with Crippen LogP contribution < -0.4 is 14.8 Å². The van der Waals surface area contributed by atoms with Crippen LogP contribution in [0, 0.1) is 11.3 Å². The third-order valence-electron chi connectivity index (χ3n) is 6.63. The molecule has 2 fully saturated rings. The number of carbonyl (C=O) groups is 3. The Morgan fingerprint density at radius 2 is 1.91 bits per heavy atom. The van der Waals surface area contributed by atoms with E-state index in [9.17, 15) is 14.4 Å². The quantitative estimate of drug-likeness (QED) is 0.707. The van der Waals surface area contributed by atoms with Gasteiger partial charge in [0, 0.05) is 13.1 Å². The lowest BCUT2D eigenvalue weighted by Gasteiger charge is -2.43. The molecule has 1 aromatic rings. The molecule has 2 atom stereocenters. The van der Waals surface area contributed by atoms with Crippen LogP contribution in [0.2, 0.25) is 0 Å². The van der Waals surface area contributed by atoms with E-state index in [-0.39, 0.29) is 23.8 Å². The van der Waals surface area contributed by atoms with Gasteiger partial charge < -0.3 is 19.7 Å². The molecule has 8 heteroatoms. The summed E-state index contributed by atoms with van der Waals surface area (Å²) in [6.45, 7) is 9.85. The average Bonchev–Trinajstić information content (AvgIpc) is 2.93. The Morgan fingerprint density at radius 1 is 1.19 bits per heavy atom. The number of nitrogens with zero attached hydrogens (tertiary/aromatic N) is 2. The van der Waals surface area contributed by atoms with Crippen molar-refractivity contribution in [3.63, 3.8) is 0 Å². The highest BCUT2D eigenvalue weighted by Crippen LogP contribution is 2.46. The molecule has 4 rings (SSSR count). The van der Waals surface area contributed by atoms with Gasteiger partial charge in [0.25, 0.3) is 5.91 Å². The second-order valence-corrected chi connectivity index (χ2v) is 10.1. The molecule has 0 radical (unpaired) electrons. The Kier molecular flexibility index (Phi) is 5.81. The summed E-state index contributed by atoms with van der Waals surface area (Å²) in [7, 11) is 0. The molecule has 3 aliphatic rings. The molecular formula is C24H33N3O5. The number of benzene rings is 1. The summed E-state index contributed by atoms with van der Waals surface area (Å²) in [5.74, 6) is 1.16. The highest BCUT2D eigenvalue weighted by atomic mass is 16.6. The van der Waals surface area contributed by atoms with Gasteiger partial charge in [0.05, 0.1) is 0 Å². The van der Waals surface area contributed by atoms with Gasteiger partial charge in [-0.15, -0.1) is 0 Å². The number of nitrogens with one attached hydrogen (secondary N) is 1. The summed E-state index contributed by atoms with van der Waals surface area (Å²) in [6.07, 6.45) is 2.21. The van der Waals surface area contributed by atoms with Crippen LogP contribution in [0.15, 0.2) is 18.2 Å². The summed E-state index contributed by atoms with van der Waals surface area (Å²) in [5, 5.41) is 2.94. The number of urea groups is 1. The maximum absolute atomic E-state index is 13.3. The van der Waals surface area contributed by atoms with E-state index in [0.29, 0.717) is 56.6 Å². The predicted octanol–water partition coefficient (Wildman–Crippen LogP) is 2.94. The normalized spacial score (nSPS) is 26.2. The summed E-state index contributed by atoms with van der Waals surface area (Å²) in [6, 6.07) is 5.15. The molecule has 32 heavy (non-hydrogen) atoms. The van der Waals surface area contributed by atoms with Crippen LogP contribution in [0.3, 0.4) is 0 Å². The minimum Gasteiger partial charge on any atom is -0.486 e. The van der Waals surface area contributed by atoms with E-state index in [4.69, 9.17) is 9.47 Å². The van der Waals surface area contributed by atoms with E-state index in [1.807, 2.05) is 25.1 Å². The largest absolute Gasteiger partial charge is 0.486 e. The van der Waals surface area contributed by atoms with E-state index in [0.717, 1.165) is 16.9 Å². The molecule has 2 unspecified atom stereocenters. The van der Waals surface area contributed by atoms with Crippen LogP contribution in [0.25, 0.3) is 0 Å². The van der Waals surface area contributed by atoms with Gasteiger partial charge in [-0.25, -0.2) is 4.79 Å². The third kappa shape index (κ3) is 4.27. The first kappa shape index (κ1) is 22.4. The summed E-state index contributed by atoms with van der Waals surface area (Å²) >= 11 is 0. The van der Waals surface area contributed by atoms with Crippen molar-refractivity contribution < 1.29 is 23.9 Å². The third-order valence-corrected chi connectivity index (χ3v) is 6.63. The van der Waals surface area contributed by atoms with Crippen LogP contribution in [-0.4, -0.2) is 59.5 Å². The highest BCUT2D eigenvalue weighted by Gasteiger charge is 2.56. The smallest absolute Gasteiger partial charge is 0.325 e. The molecule has 1 saturated carbocycles. The first-order chi connectivity index (χ1) is 15.1. The molecular weight excluding hydrogens is 410 g/mol. The molecule has 2 aliphatic heterocycles. The van der Waals surface area contributed by atoms with Crippen LogP contribution in [-0.2, 0) is 16.1 Å². The zero-order chi connectivity index (χ0) is 23.1. The fourth-order valence-electron chi connectivity index (χ4n) is 5.67. The van der Waals surface area contributed by atoms with E-state index in [1.165, 1.54) is 0 Å². The zero-order valence-electron chi connectivity index (χ0n) is 19.4. The van der Waals surface area contributed by atoms with Crippen molar-refractivity contribution in [2.24, 2.45) is 11.3 Å². The lowest BCUT2D eigenvalue weighted by molar-refractivity contribution is -0.141. The molecule has 1 aromatic carbocycles. The Hall–Kier alpha value is -2.77. The number of hydrogen-bond acceptors (Lipinski definition) is 5. The van der Waals surface area contributed by atoms with Gasteiger partial charge in [-0.1, -0.05) is 26.8 Å². The monoisotopic (exact) mass is 443 g/mol. The lowest BCUT2D eigenvalue weighted by Crippen LogP contribution is -2.54. The second-order valence-electron chi connectivity index (χ2n) is 10.1. The number of carbonyl (C=O) groups excluding carboxylic acids is 3. The highest BCUT2D eigenvalue weighted by molar-refractivity contribution is 6.09. The van der Waals surface area contributed by atoms with Gasteiger partial charge in [0.2, 0.25) is 5.91 Å². The van der Waals surface area contributed by atoms with Crippen LogP contribution in [0.1, 0.15) is 52.5 Å². The molecule has 1 saturated heterocycles. The van der Waals surface area contributed by atoms with Gasteiger partial charge in [-0.2, -0.15) is 0 Å². The maximum Gasteiger partial charge on any atom is 0.325 e. The average molecular weight is 444 g/mol. The predicted molar refractivity (Wildman–Crippen MR) is 118 cm³/mol. The number of imide groups is 1. The number of ether oxygens (including phenoxy) is 2. The fraction of sp³-hybridized carbons (Fsp3) is 0.625. The van der Waals surface area contributed by atoms with Gasteiger partial charge in [-0.3, -0.25) is 14.5 Å². The Morgan fingerprint density at radius 3 is 2.59 bits per heavy atom. The molecule has 1 spiro atoms. The molecule has 0 bridgehead atoms. The second kappa shape index (κ2) is 8.30. The first-order valence-electron chi connectivity index (χ1n) is 11.4. The molecule has 8 nitrogen and oxygen atoms in total. The molecule has 0 aromatic heterocycles. The number of likely N-dealkylation sites (N-methyl/N-ethyl adjacent to an activating group) is 1. The fourth-order valence-corrected chi connectivity index (χ4v) is 5.67. The van der Waals surface area contributed by atoms with Crippen LogP contribution in [0.5, 0.6) is 11.5 Å². The standard InChI is InChI=1S/C24H33N3O5/c1-5-26(13-17-6-7-18-19(10-17)32-9-8-31-18)20(28)14-27-21(29)24(25-22(27)30)12-16(2)11-23(3,4)15-24/h6-7,10,16H,5,8-9,11-15H2,1-4H3,(H,25,30). The van der Waals surface area contributed by atoms with Gasteiger partial charge in [0.1, 0.15) is 25.3 Å². The summed E-state index contributed by atoms with van der Waals surface area (Å²) < 4.78 is 11.2. The van der Waals surface area contributed by atoms with Crippen LogP contribution >= 0.6 is 0 Å². The molecule has 4 amide bonds. The lowest BCUT2D eigenvalue weighted by atomic mass is 9.64. The number of hydrogen-bond donors (Lipinski definition) is 1. The minimum absolute atomic E-state index is 0.0473. The van der Waals surface area contributed by atoms with Crippen molar-refractivity contribution in [2.45, 2.75) is 59.0 Å². The van der Waals surface area contributed by atoms with Crippen molar-refractivity contribution >= 4 is 17.8 Å². The topological polar surface area (TPSA) is 88.2 Å². The van der Waals surface area contributed by atoms with E-state index in [2.05, 4.69) is 26.1 Å². The Bertz CT molecular complexity index is 930. The molecule has 2 heterocycles. The van der Waals surface area contributed by atoms with Crippen molar-refractivity contribution in [1.82, 2.24) is 15.1 Å². The SMILES string of the molecule is CCN(Cc1ccc2c(c1)OCCO2)C(=O)CN1C(=O)NC2(CC(C)CC(C)(C)C2)C1=O. The molecule has 174 valence electrons. The summed E-state index contributed by atoms with van der Waals surface area (Å²) in [4.78, 5) is 41.9. The summed E-state index contributed by atoms with van der Waals surface area (Å²) in [5.41, 5.74) is -0.0410. The van der Waals surface area contributed by atoms with Crippen molar-refractivity contribution in [3.05, 3.63) is 23.8 Å².